The molecule has 2 atom stereocenters. The number of aromatic nitrogens is 2. The van der Waals surface area contributed by atoms with Crippen LogP contribution in [-0.2, 0) is 21.1 Å². The van der Waals surface area contributed by atoms with Crippen LogP contribution in [0.1, 0.15) is 36.0 Å². The van der Waals surface area contributed by atoms with Gasteiger partial charge in [0.25, 0.3) is 5.22 Å². The van der Waals surface area contributed by atoms with Crippen molar-refractivity contribution in [2.45, 2.75) is 42.2 Å². The van der Waals surface area contributed by atoms with Crippen molar-refractivity contribution in [1.29, 1.82) is 0 Å². The molecule has 1 aliphatic carbocycles. The van der Waals surface area contributed by atoms with Crippen LogP contribution < -0.4 is 5.32 Å². The molecule has 2 heterocycles. The molecule has 0 bridgehead atoms. The fraction of sp³-hybridized carbons (Fsp3) is 0.500. The van der Waals surface area contributed by atoms with E-state index in [1.165, 1.54) is 11.8 Å². The minimum absolute atomic E-state index is 0.0244. The maximum atomic E-state index is 12.7. The molecule has 1 saturated carbocycles. The van der Waals surface area contributed by atoms with E-state index in [2.05, 4.69) is 15.5 Å². The van der Waals surface area contributed by atoms with Crippen molar-refractivity contribution in [3.63, 3.8) is 0 Å². The van der Waals surface area contributed by atoms with Gasteiger partial charge in [-0.05, 0) is 42.5 Å². The van der Waals surface area contributed by atoms with Crippen molar-refractivity contribution >= 4 is 27.5 Å². The first-order valence-electron chi connectivity index (χ1n) is 9.03. The lowest BCUT2D eigenvalue weighted by Crippen LogP contribution is -2.29. The number of hydrogen-bond donors (Lipinski definition) is 1. The van der Waals surface area contributed by atoms with Gasteiger partial charge in [0.15, 0.2) is 9.84 Å². The summed E-state index contributed by atoms with van der Waals surface area (Å²) in [6, 6.07) is 9.78. The van der Waals surface area contributed by atoms with Crippen LogP contribution in [0, 0.1) is 5.92 Å². The number of amides is 1. The molecule has 2 aliphatic rings. The smallest absolute Gasteiger partial charge is 0.277 e. The van der Waals surface area contributed by atoms with E-state index < -0.39 is 15.1 Å². The van der Waals surface area contributed by atoms with Crippen molar-refractivity contribution in [3.8, 4) is 0 Å². The standard InChI is InChI=1S/C18H21N3O4S2/c22-17(19-14-6-7-14)16(13-4-2-1-3-5-13)26-18-21-20-15(25-18)10-12-8-9-27(23,24)11-12/h1-5,12,14,16H,6-11H2,(H,19,22)/t12-,16-/m1/s1. The molecule has 1 amide bonds. The zero-order valence-corrected chi connectivity index (χ0v) is 16.3. The average molecular weight is 408 g/mol. The fourth-order valence-corrected chi connectivity index (χ4v) is 5.92. The topological polar surface area (TPSA) is 102 Å². The van der Waals surface area contributed by atoms with Crippen LogP contribution in [0.15, 0.2) is 40.0 Å². The lowest BCUT2D eigenvalue weighted by molar-refractivity contribution is -0.120. The molecule has 144 valence electrons. The summed E-state index contributed by atoms with van der Waals surface area (Å²) < 4.78 is 28.9. The predicted molar refractivity (Wildman–Crippen MR) is 101 cm³/mol. The fourth-order valence-electron chi connectivity index (χ4n) is 3.15. The highest BCUT2D eigenvalue weighted by Gasteiger charge is 2.32. The van der Waals surface area contributed by atoms with Gasteiger partial charge in [0, 0.05) is 12.5 Å². The quantitative estimate of drug-likeness (QED) is 0.702. The third-order valence-electron chi connectivity index (χ3n) is 4.72. The minimum Gasteiger partial charge on any atom is -0.416 e. The second kappa shape index (κ2) is 7.63. The Kier molecular flexibility index (Phi) is 5.23. The summed E-state index contributed by atoms with van der Waals surface area (Å²) in [6.07, 6.45) is 3.13. The Labute approximate surface area is 162 Å². The van der Waals surface area contributed by atoms with Crippen molar-refractivity contribution in [2.75, 3.05) is 11.5 Å². The Balaban J connectivity index is 1.45. The van der Waals surface area contributed by atoms with Gasteiger partial charge in [0.2, 0.25) is 11.8 Å². The molecule has 0 spiro atoms. The van der Waals surface area contributed by atoms with E-state index in [1.54, 1.807) is 0 Å². The molecule has 7 nitrogen and oxygen atoms in total. The summed E-state index contributed by atoms with van der Waals surface area (Å²) in [7, 11) is -2.93. The molecule has 4 rings (SSSR count). The maximum absolute atomic E-state index is 12.7. The molecule has 1 aliphatic heterocycles. The molecule has 1 N–H and O–H groups in total. The number of nitrogens with one attached hydrogen (secondary N) is 1. The minimum atomic E-state index is -2.93. The summed E-state index contributed by atoms with van der Waals surface area (Å²) in [5.41, 5.74) is 0.877. The lowest BCUT2D eigenvalue weighted by atomic mass is 10.1. The third kappa shape index (κ3) is 4.90. The van der Waals surface area contributed by atoms with Crippen molar-refractivity contribution in [2.24, 2.45) is 5.92 Å². The average Bonchev–Trinajstić information content (AvgIpc) is 3.23. The summed E-state index contributed by atoms with van der Waals surface area (Å²) in [5.74, 6) is 0.791. The molecular weight excluding hydrogens is 386 g/mol. The lowest BCUT2D eigenvalue weighted by Gasteiger charge is -2.14. The van der Waals surface area contributed by atoms with Gasteiger partial charge < -0.3 is 9.73 Å². The van der Waals surface area contributed by atoms with Crippen LogP contribution in [0.25, 0.3) is 0 Å². The Hall–Kier alpha value is -1.87. The molecule has 1 saturated heterocycles. The number of carbonyl (C=O) groups excluding carboxylic acids is 1. The normalized spacial score (nSPS) is 22.4. The van der Waals surface area contributed by atoms with Crippen molar-refractivity contribution < 1.29 is 17.6 Å². The number of benzene rings is 1. The maximum Gasteiger partial charge on any atom is 0.277 e. The summed E-state index contributed by atoms with van der Waals surface area (Å²) >= 11 is 1.23. The predicted octanol–water partition coefficient (Wildman–Crippen LogP) is 2.16. The van der Waals surface area contributed by atoms with Crippen LogP contribution in [-0.4, -0.2) is 42.1 Å². The Morgan fingerprint density at radius 2 is 2.00 bits per heavy atom. The Bertz CT molecular complexity index is 910. The van der Waals surface area contributed by atoms with Crippen LogP contribution in [0.3, 0.4) is 0 Å². The highest BCUT2D eigenvalue weighted by Crippen LogP contribution is 2.36. The van der Waals surface area contributed by atoms with Gasteiger partial charge in [-0.25, -0.2) is 8.42 Å². The van der Waals surface area contributed by atoms with Crippen LogP contribution in [0.2, 0.25) is 0 Å². The second-order valence-corrected chi connectivity index (χ2v) is 10.4. The number of sulfone groups is 1. The van der Waals surface area contributed by atoms with Crippen LogP contribution in [0.5, 0.6) is 0 Å². The first kappa shape index (κ1) is 18.5. The van der Waals surface area contributed by atoms with Gasteiger partial charge in [-0.1, -0.05) is 30.3 Å². The molecule has 0 unspecified atom stereocenters. The molecule has 1 aromatic heterocycles. The van der Waals surface area contributed by atoms with E-state index in [1.807, 2.05) is 30.3 Å². The van der Waals surface area contributed by atoms with Gasteiger partial charge in [0.1, 0.15) is 5.25 Å². The number of thioether (sulfide) groups is 1. The molecule has 2 fully saturated rings. The molecule has 2 aromatic rings. The largest absolute Gasteiger partial charge is 0.416 e. The van der Waals surface area contributed by atoms with E-state index in [-0.39, 0.29) is 29.4 Å². The van der Waals surface area contributed by atoms with E-state index >= 15 is 0 Å². The van der Waals surface area contributed by atoms with Crippen molar-refractivity contribution in [1.82, 2.24) is 15.5 Å². The molecule has 9 heteroatoms. The number of nitrogens with zero attached hydrogens (tertiary/aromatic N) is 2. The van der Waals surface area contributed by atoms with Gasteiger partial charge >= 0.3 is 0 Å². The van der Waals surface area contributed by atoms with E-state index in [0.717, 1.165) is 18.4 Å². The molecule has 1 aromatic carbocycles. The van der Waals surface area contributed by atoms with Gasteiger partial charge in [-0.2, -0.15) is 0 Å². The Morgan fingerprint density at radius 3 is 2.67 bits per heavy atom. The van der Waals surface area contributed by atoms with Gasteiger partial charge in [-0.3, -0.25) is 4.79 Å². The number of hydrogen-bond acceptors (Lipinski definition) is 7. The van der Waals surface area contributed by atoms with Gasteiger partial charge in [-0.15, -0.1) is 10.2 Å². The molecule has 27 heavy (non-hydrogen) atoms. The van der Waals surface area contributed by atoms with Gasteiger partial charge in [0.05, 0.1) is 11.5 Å². The zero-order chi connectivity index (χ0) is 18.9. The number of rotatable bonds is 7. The van der Waals surface area contributed by atoms with Crippen LogP contribution >= 0.6 is 11.8 Å². The summed E-state index contributed by atoms with van der Waals surface area (Å²) in [5, 5.41) is 11.0. The Morgan fingerprint density at radius 1 is 1.22 bits per heavy atom. The first-order chi connectivity index (χ1) is 13.0. The molecular formula is C18H21N3O4S2. The van der Waals surface area contributed by atoms with E-state index in [4.69, 9.17) is 4.42 Å². The first-order valence-corrected chi connectivity index (χ1v) is 11.7. The van der Waals surface area contributed by atoms with E-state index in [0.29, 0.717) is 24.0 Å². The number of carbonyl (C=O) groups is 1. The summed E-state index contributed by atoms with van der Waals surface area (Å²) in [4.78, 5) is 12.7. The SMILES string of the molecule is O=C(NC1CC1)[C@H](Sc1nnc(C[C@H]2CCS(=O)(=O)C2)o1)c1ccccc1. The monoisotopic (exact) mass is 407 g/mol. The third-order valence-corrected chi connectivity index (χ3v) is 7.65. The molecule has 0 radical (unpaired) electrons. The van der Waals surface area contributed by atoms with E-state index in [9.17, 15) is 13.2 Å². The van der Waals surface area contributed by atoms with Crippen molar-refractivity contribution in [3.05, 3.63) is 41.8 Å². The second-order valence-electron chi connectivity index (χ2n) is 7.13. The highest BCUT2D eigenvalue weighted by atomic mass is 32.2. The summed E-state index contributed by atoms with van der Waals surface area (Å²) in [6.45, 7) is 0. The highest BCUT2D eigenvalue weighted by molar-refractivity contribution is 8.00. The van der Waals surface area contributed by atoms with Crippen LogP contribution in [0.4, 0.5) is 0 Å². The zero-order valence-electron chi connectivity index (χ0n) is 14.7.